The van der Waals surface area contributed by atoms with Gasteiger partial charge in [0.15, 0.2) is 0 Å². The van der Waals surface area contributed by atoms with Crippen molar-refractivity contribution < 1.29 is 9.84 Å². The van der Waals surface area contributed by atoms with E-state index in [1.54, 1.807) is 7.11 Å². The topological polar surface area (TPSA) is 78.5 Å². The van der Waals surface area contributed by atoms with Crippen molar-refractivity contribution in [1.29, 1.82) is 0 Å². The highest BCUT2D eigenvalue weighted by Crippen LogP contribution is 2.42. The molecular weight excluding hydrogens is 314 g/mol. The van der Waals surface area contributed by atoms with Crippen LogP contribution in [0.3, 0.4) is 0 Å². The molecule has 3 atom stereocenters. The Balaban J connectivity index is 1.61. The van der Waals surface area contributed by atoms with E-state index in [1.165, 1.54) is 11.3 Å². The summed E-state index contributed by atoms with van der Waals surface area (Å²) in [5, 5.41) is 11.9. The molecule has 2 aromatic rings. The number of nitrogens with zero attached hydrogens (tertiary/aromatic N) is 2. The third-order valence-electron chi connectivity index (χ3n) is 5.39. The van der Waals surface area contributed by atoms with E-state index in [1.807, 2.05) is 11.4 Å². The van der Waals surface area contributed by atoms with Gasteiger partial charge in [-0.25, -0.2) is 4.98 Å². The number of likely N-dealkylation sites (tertiary alicyclic amines) is 1. The molecule has 2 aromatic heterocycles. The lowest BCUT2D eigenvalue weighted by molar-refractivity contribution is -0.0881. The zero-order valence-corrected chi connectivity index (χ0v) is 13.9. The first kappa shape index (κ1) is 15.3. The normalized spacial score (nSPS) is 31.6. The average molecular weight is 335 g/mol. The number of aromatic nitrogens is 2. The third kappa shape index (κ3) is 2.52. The van der Waals surface area contributed by atoms with Crippen molar-refractivity contribution in [2.75, 3.05) is 13.7 Å². The van der Waals surface area contributed by atoms with Crippen LogP contribution in [0.2, 0.25) is 0 Å². The highest BCUT2D eigenvalue weighted by Gasteiger charge is 2.50. The summed E-state index contributed by atoms with van der Waals surface area (Å²) in [4.78, 5) is 21.9. The second kappa shape index (κ2) is 5.66. The Morgan fingerprint density at radius 3 is 3.26 bits per heavy atom. The van der Waals surface area contributed by atoms with Gasteiger partial charge in [-0.15, -0.1) is 11.3 Å². The number of rotatable bonds is 3. The predicted molar refractivity (Wildman–Crippen MR) is 88.7 cm³/mol. The number of H-pyrrole nitrogens is 1. The van der Waals surface area contributed by atoms with Gasteiger partial charge < -0.3 is 14.8 Å². The number of methoxy groups -OCH3 is 1. The van der Waals surface area contributed by atoms with Crippen molar-refractivity contribution >= 4 is 21.6 Å². The van der Waals surface area contributed by atoms with E-state index in [0.717, 1.165) is 37.7 Å². The van der Waals surface area contributed by atoms with Crippen LogP contribution in [0.1, 0.15) is 31.5 Å². The summed E-state index contributed by atoms with van der Waals surface area (Å²) in [6.45, 7) is 1.49. The standard InChI is InChI=1S/C16H21N3O3S/c1-22-16-4-2-10(20)8-12(16)19(6-5-16)9-13-17-11-3-7-23-14(11)15(21)18-13/h3,7,10,12,20H,2,4-6,8-9H2,1H3,(H,17,18,21)/t10-,12-,16+/m0/s1. The van der Waals surface area contributed by atoms with Crippen LogP contribution in [0.5, 0.6) is 0 Å². The molecule has 2 aliphatic rings. The number of fused-ring (bicyclic) bond motifs is 2. The van der Waals surface area contributed by atoms with Gasteiger partial charge >= 0.3 is 0 Å². The molecule has 23 heavy (non-hydrogen) atoms. The monoisotopic (exact) mass is 335 g/mol. The lowest BCUT2D eigenvalue weighted by atomic mass is 9.79. The maximum Gasteiger partial charge on any atom is 0.268 e. The fraction of sp³-hybridized carbons (Fsp3) is 0.625. The van der Waals surface area contributed by atoms with Gasteiger partial charge in [-0.05, 0) is 37.1 Å². The number of ether oxygens (including phenoxy) is 1. The number of aliphatic hydroxyl groups excluding tert-OH is 1. The quantitative estimate of drug-likeness (QED) is 0.888. The molecule has 0 amide bonds. The number of thiophene rings is 1. The molecule has 0 spiro atoms. The van der Waals surface area contributed by atoms with Crippen LogP contribution in [0, 0.1) is 0 Å². The third-order valence-corrected chi connectivity index (χ3v) is 6.29. The van der Waals surface area contributed by atoms with E-state index >= 15 is 0 Å². The molecule has 0 radical (unpaired) electrons. The first-order valence-electron chi connectivity index (χ1n) is 8.05. The fourth-order valence-corrected chi connectivity index (χ4v) is 4.87. The number of hydrogen-bond donors (Lipinski definition) is 2. The molecule has 6 nitrogen and oxygen atoms in total. The zero-order valence-electron chi connectivity index (χ0n) is 13.1. The van der Waals surface area contributed by atoms with Gasteiger partial charge in [-0.1, -0.05) is 0 Å². The summed E-state index contributed by atoms with van der Waals surface area (Å²) < 4.78 is 6.53. The lowest BCUT2D eigenvalue weighted by Gasteiger charge is -2.42. The van der Waals surface area contributed by atoms with E-state index in [9.17, 15) is 9.90 Å². The van der Waals surface area contributed by atoms with E-state index in [0.29, 0.717) is 17.1 Å². The summed E-state index contributed by atoms with van der Waals surface area (Å²) in [5.74, 6) is 0.688. The molecule has 1 saturated carbocycles. The van der Waals surface area contributed by atoms with Crippen LogP contribution in [0.4, 0.5) is 0 Å². The van der Waals surface area contributed by atoms with Gasteiger partial charge in [0, 0.05) is 19.7 Å². The Morgan fingerprint density at radius 2 is 2.43 bits per heavy atom. The second-order valence-electron chi connectivity index (χ2n) is 6.58. The number of aromatic amines is 1. The molecule has 1 saturated heterocycles. The van der Waals surface area contributed by atoms with Crippen molar-refractivity contribution in [3.63, 3.8) is 0 Å². The van der Waals surface area contributed by atoms with Crippen molar-refractivity contribution in [3.05, 3.63) is 27.6 Å². The first-order chi connectivity index (χ1) is 11.1. The van der Waals surface area contributed by atoms with E-state index in [4.69, 9.17) is 4.74 Å². The number of nitrogens with one attached hydrogen (secondary N) is 1. The molecule has 3 heterocycles. The molecule has 0 unspecified atom stereocenters. The molecule has 4 rings (SSSR count). The maximum absolute atomic E-state index is 12.1. The Morgan fingerprint density at radius 1 is 1.57 bits per heavy atom. The largest absolute Gasteiger partial charge is 0.393 e. The van der Waals surface area contributed by atoms with E-state index in [2.05, 4.69) is 14.9 Å². The SMILES string of the molecule is CO[C@@]12CC[C@H](O)C[C@@H]1N(Cc1nc3ccsc3c(=O)[nH]1)CC2. The summed E-state index contributed by atoms with van der Waals surface area (Å²) in [5.41, 5.74) is 0.530. The molecule has 0 aromatic carbocycles. The van der Waals surface area contributed by atoms with Crippen molar-refractivity contribution in [2.45, 2.75) is 50.0 Å². The number of hydrogen-bond acceptors (Lipinski definition) is 6. The van der Waals surface area contributed by atoms with E-state index in [-0.39, 0.29) is 23.3 Å². The Kier molecular flexibility index (Phi) is 3.76. The second-order valence-corrected chi connectivity index (χ2v) is 7.50. The highest BCUT2D eigenvalue weighted by molar-refractivity contribution is 7.17. The minimum atomic E-state index is -0.268. The zero-order chi connectivity index (χ0) is 16.0. The lowest BCUT2D eigenvalue weighted by Crippen LogP contribution is -2.51. The first-order valence-corrected chi connectivity index (χ1v) is 8.93. The minimum Gasteiger partial charge on any atom is -0.393 e. The smallest absolute Gasteiger partial charge is 0.268 e. The molecule has 124 valence electrons. The average Bonchev–Trinajstić information content (AvgIpc) is 3.14. The Hall–Kier alpha value is -1.28. The summed E-state index contributed by atoms with van der Waals surface area (Å²) >= 11 is 1.41. The van der Waals surface area contributed by atoms with Gasteiger partial charge in [-0.3, -0.25) is 9.69 Å². The van der Waals surface area contributed by atoms with Gasteiger partial charge in [-0.2, -0.15) is 0 Å². The molecule has 0 bridgehead atoms. The van der Waals surface area contributed by atoms with Gasteiger partial charge in [0.05, 0.1) is 23.8 Å². The molecule has 2 fully saturated rings. The Bertz CT molecular complexity index is 773. The van der Waals surface area contributed by atoms with Gasteiger partial charge in [0.1, 0.15) is 10.5 Å². The van der Waals surface area contributed by atoms with Crippen molar-refractivity contribution in [2.24, 2.45) is 0 Å². The molecule has 1 aliphatic carbocycles. The molecular formula is C16H21N3O3S. The van der Waals surface area contributed by atoms with Crippen LogP contribution >= 0.6 is 11.3 Å². The molecule has 1 aliphatic heterocycles. The summed E-state index contributed by atoms with van der Waals surface area (Å²) in [6, 6.07) is 2.06. The van der Waals surface area contributed by atoms with Crippen LogP contribution in [0.25, 0.3) is 10.2 Å². The van der Waals surface area contributed by atoms with Crippen LogP contribution in [-0.2, 0) is 11.3 Å². The van der Waals surface area contributed by atoms with Crippen molar-refractivity contribution in [3.8, 4) is 0 Å². The van der Waals surface area contributed by atoms with Gasteiger partial charge in [0.2, 0.25) is 0 Å². The summed E-state index contributed by atoms with van der Waals surface area (Å²) in [6.07, 6.45) is 3.10. The maximum atomic E-state index is 12.1. The number of aliphatic hydroxyl groups is 1. The molecule has 7 heteroatoms. The van der Waals surface area contributed by atoms with Crippen LogP contribution in [0.15, 0.2) is 16.2 Å². The van der Waals surface area contributed by atoms with Gasteiger partial charge in [0.25, 0.3) is 5.56 Å². The summed E-state index contributed by atoms with van der Waals surface area (Å²) in [7, 11) is 1.77. The Labute approximate surface area is 138 Å². The fourth-order valence-electron chi connectivity index (χ4n) is 4.15. The van der Waals surface area contributed by atoms with Crippen LogP contribution in [-0.4, -0.2) is 51.4 Å². The molecule has 2 N–H and O–H groups in total. The highest BCUT2D eigenvalue weighted by atomic mass is 32.1. The van der Waals surface area contributed by atoms with Crippen LogP contribution < -0.4 is 5.56 Å². The van der Waals surface area contributed by atoms with Crippen molar-refractivity contribution in [1.82, 2.24) is 14.9 Å². The predicted octanol–water partition coefficient (Wildman–Crippen LogP) is 1.49. The minimum absolute atomic E-state index is 0.0686. The van der Waals surface area contributed by atoms with E-state index < -0.39 is 0 Å².